The largest absolute Gasteiger partial charge is 0.480 e. The van der Waals surface area contributed by atoms with Gasteiger partial charge in [0.2, 0.25) is 0 Å². The van der Waals surface area contributed by atoms with Gasteiger partial charge in [-0.1, -0.05) is 13.8 Å². The van der Waals surface area contributed by atoms with Crippen LogP contribution in [0.25, 0.3) is 0 Å². The van der Waals surface area contributed by atoms with Crippen LogP contribution in [0.15, 0.2) is 0 Å². The van der Waals surface area contributed by atoms with E-state index in [9.17, 15) is 9.59 Å². The third kappa shape index (κ3) is 9.25. The first-order valence-corrected chi connectivity index (χ1v) is 7.18. The Labute approximate surface area is 126 Å². The zero-order valence-electron chi connectivity index (χ0n) is 13.4. The van der Waals surface area contributed by atoms with E-state index in [-0.39, 0.29) is 11.9 Å². The Balaban J connectivity index is 4.55. The summed E-state index contributed by atoms with van der Waals surface area (Å²) >= 11 is 0. The number of amides is 2. The number of rotatable bonds is 11. The minimum Gasteiger partial charge on any atom is -0.480 e. The molecule has 7 heteroatoms. The summed E-state index contributed by atoms with van der Waals surface area (Å²) in [6.07, 6.45) is 1.09. The fraction of sp³-hybridized carbons (Fsp3) is 0.857. The minimum absolute atomic E-state index is 0.187. The van der Waals surface area contributed by atoms with Gasteiger partial charge < -0.3 is 24.8 Å². The number of hydrogen-bond acceptors (Lipinski definition) is 4. The van der Waals surface area contributed by atoms with Crippen molar-refractivity contribution in [3.63, 3.8) is 0 Å². The highest BCUT2D eigenvalue weighted by Gasteiger charge is 2.23. The van der Waals surface area contributed by atoms with E-state index in [0.29, 0.717) is 39.1 Å². The second-order valence-corrected chi connectivity index (χ2v) is 5.30. The molecule has 0 fully saturated rings. The second-order valence-electron chi connectivity index (χ2n) is 5.30. The summed E-state index contributed by atoms with van der Waals surface area (Å²) in [6.45, 7) is 5.71. The molecule has 0 rings (SSSR count). The van der Waals surface area contributed by atoms with E-state index in [0.717, 1.165) is 0 Å². The number of carboxylic acid groups (broad SMARTS) is 1. The average molecular weight is 304 g/mol. The highest BCUT2D eigenvalue weighted by atomic mass is 16.5. The number of aliphatic carboxylic acids is 1. The van der Waals surface area contributed by atoms with Crippen molar-refractivity contribution in [1.29, 1.82) is 0 Å². The van der Waals surface area contributed by atoms with Crippen LogP contribution in [-0.4, -0.2) is 68.6 Å². The molecule has 0 aromatic heterocycles. The van der Waals surface area contributed by atoms with Gasteiger partial charge in [-0.15, -0.1) is 0 Å². The quantitative estimate of drug-likeness (QED) is 0.560. The normalized spacial score (nSPS) is 12.2. The van der Waals surface area contributed by atoms with E-state index in [1.807, 2.05) is 13.8 Å². The SMILES string of the molecule is COCCCN(CCOC)C(=O)N[C@H](CC(C)C)C(=O)O. The van der Waals surface area contributed by atoms with Crippen molar-refractivity contribution >= 4 is 12.0 Å². The molecule has 0 aromatic carbocycles. The van der Waals surface area contributed by atoms with E-state index in [1.54, 1.807) is 19.1 Å². The molecule has 0 spiro atoms. The van der Waals surface area contributed by atoms with Gasteiger partial charge in [-0.3, -0.25) is 0 Å². The van der Waals surface area contributed by atoms with Crippen molar-refractivity contribution < 1.29 is 24.2 Å². The summed E-state index contributed by atoms with van der Waals surface area (Å²) in [7, 11) is 3.16. The third-order valence-electron chi connectivity index (χ3n) is 2.93. The Hall–Kier alpha value is -1.34. The number of carbonyl (C=O) groups excluding carboxylic acids is 1. The van der Waals surface area contributed by atoms with Crippen molar-refractivity contribution in [2.24, 2.45) is 5.92 Å². The number of hydrogen-bond donors (Lipinski definition) is 2. The molecule has 2 N–H and O–H groups in total. The number of carbonyl (C=O) groups is 2. The van der Waals surface area contributed by atoms with Crippen LogP contribution in [0, 0.1) is 5.92 Å². The lowest BCUT2D eigenvalue weighted by Crippen LogP contribution is -2.49. The van der Waals surface area contributed by atoms with Gasteiger partial charge in [0.1, 0.15) is 6.04 Å². The molecule has 124 valence electrons. The summed E-state index contributed by atoms with van der Waals surface area (Å²) in [6, 6.07) is -1.25. The van der Waals surface area contributed by atoms with Crippen molar-refractivity contribution in [2.45, 2.75) is 32.7 Å². The maximum Gasteiger partial charge on any atom is 0.326 e. The summed E-state index contributed by atoms with van der Waals surface area (Å²) in [5, 5.41) is 11.7. The number of carboxylic acids is 1. The predicted molar refractivity (Wildman–Crippen MR) is 79.4 cm³/mol. The number of nitrogens with zero attached hydrogens (tertiary/aromatic N) is 1. The molecule has 0 aliphatic carbocycles. The Bertz CT molecular complexity index is 310. The van der Waals surface area contributed by atoms with E-state index in [1.165, 1.54) is 0 Å². The highest BCUT2D eigenvalue weighted by Crippen LogP contribution is 2.06. The molecule has 7 nitrogen and oxygen atoms in total. The average Bonchev–Trinajstić information content (AvgIpc) is 2.41. The fourth-order valence-electron chi connectivity index (χ4n) is 1.85. The van der Waals surface area contributed by atoms with Crippen LogP contribution >= 0.6 is 0 Å². The maximum atomic E-state index is 12.2. The van der Waals surface area contributed by atoms with Crippen LogP contribution < -0.4 is 5.32 Å². The van der Waals surface area contributed by atoms with Gasteiger partial charge in [0.25, 0.3) is 0 Å². The molecule has 0 aliphatic rings. The van der Waals surface area contributed by atoms with Gasteiger partial charge in [-0.2, -0.15) is 0 Å². The monoisotopic (exact) mass is 304 g/mol. The van der Waals surface area contributed by atoms with Crippen molar-refractivity contribution in [3.05, 3.63) is 0 Å². The van der Waals surface area contributed by atoms with Crippen molar-refractivity contribution in [1.82, 2.24) is 10.2 Å². The molecule has 0 aromatic rings. The van der Waals surface area contributed by atoms with Crippen LogP contribution in [0.1, 0.15) is 26.7 Å². The summed E-state index contributed by atoms with van der Waals surface area (Å²) < 4.78 is 9.94. The first-order chi connectivity index (χ1) is 9.92. The smallest absolute Gasteiger partial charge is 0.326 e. The zero-order valence-corrected chi connectivity index (χ0v) is 13.4. The lowest BCUT2D eigenvalue weighted by Gasteiger charge is -2.25. The lowest BCUT2D eigenvalue weighted by molar-refractivity contribution is -0.139. The topological polar surface area (TPSA) is 88.1 Å². The molecule has 0 unspecified atom stereocenters. The van der Waals surface area contributed by atoms with Crippen LogP contribution in [0.3, 0.4) is 0 Å². The van der Waals surface area contributed by atoms with Crippen LogP contribution in [0.5, 0.6) is 0 Å². The van der Waals surface area contributed by atoms with E-state index in [4.69, 9.17) is 14.6 Å². The Morgan fingerprint density at radius 2 is 1.76 bits per heavy atom. The summed E-state index contributed by atoms with van der Waals surface area (Å²) in [5.74, 6) is -0.826. The van der Waals surface area contributed by atoms with Crippen molar-refractivity contribution in [2.75, 3.05) is 40.5 Å². The molecule has 0 saturated heterocycles. The van der Waals surface area contributed by atoms with Gasteiger partial charge in [0.15, 0.2) is 0 Å². The van der Waals surface area contributed by atoms with Gasteiger partial charge in [-0.05, 0) is 18.8 Å². The van der Waals surface area contributed by atoms with E-state index >= 15 is 0 Å². The molecule has 0 bridgehead atoms. The molecular weight excluding hydrogens is 276 g/mol. The van der Waals surface area contributed by atoms with Gasteiger partial charge in [-0.25, -0.2) is 9.59 Å². The van der Waals surface area contributed by atoms with Crippen LogP contribution in [0.4, 0.5) is 4.79 Å². The zero-order chi connectivity index (χ0) is 16.3. The van der Waals surface area contributed by atoms with Crippen LogP contribution in [0.2, 0.25) is 0 Å². The second kappa shape index (κ2) is 11.3. The fourth-order valence-corrected chi connectivity index (χ4v) is 1.85. The molecule has 2 amide bonds. The van der Waals surface area contributed by atoms with Gasteiger partial charge in [0, 0.05) is 33.9 Å². The molecule has 0 aliphatic heterocycles. The third-order valence-corrected chi connectivity index (χ3v) is 2.93. The maximum absolute atomic E-state index is 12.2. The number of ether oxygens (including phenoxy) is 2. The number of methoxy groups -OCH3 is 2. The summed E-state index contributed by atoms with van der Waals surface area (Å²) in [4.78, 5) is 24.9. The van der Waals surface area contributed by atoms with Crippen molar-refractivity contribution in [3.8, 4) is 0 Å². The molecule has 21 heavy (non-hydrogen) atoms. The Kier molecular flexibility index (Phi) is 10.6. The molecule has 0 saturated carbocycles. The number of nitrogens with one attached hydrogen (secondary N) is 1. The minimum atomic E-state index is -1.01. The standard InChI is InChI=1S/C14H28N2O5/c1-11(2)10-12(13(17)18)15-14(19)16(7-9-21-4)6-5-8-20-3/h11-12H,5-10H2,1-4H3,(H,15,19)(H,17,18)/t12-/m1/s1. The molecule has 0 heterocycles. The molecule has 1 atom stereocenters. The van der Waals surface area contributed by atoms with Gasteiger partial charge >= 0.3 is 12.0 Å². The van der Waals surface area contributed by atoms with Crippen LogP contribution in [-0.2, 0) is 14.3 Å². The lowest BCUT2D eigenvalue weighted by atomic mass is 10.0. The Morgan fingerprint density at radius 1 is 1.14 bits per heavy atom. The van der Waals surface area contributed by atoms with E-state index < -0.39 is 12.0 Å². The molecule has 0 radical (unpaired) electrons. The number of urea groups is 1. The summed E-state index contributed by atoms with van der Waals surface area (Å²) in [5.41, 5.74) is 0. The first-order valence-electron chi connectivity index (χ1n) is 7.18. The Morgan fingerprint density at radius 3 is 2.24 bits per heavy atom. The predicted octanol–water partition coefficient (Wildman–Crippen LogP) is 1.18. The van der Waals surface area contributed by atoms with Gasteiger partial charge in [0.05, 0.1) is 6.61 Å². The molecular formula is C14H28N2O5. The highest BCUT2D eigenvalue weighted by molar-refractivity contribution is 5.82. The van der Waals surface area contributed by atoms with E-state index in [2.05, 4.69) is 5.32 Å². The first kappa shape index (κ1) is 19.7.